The molecule has 0 atom stereocenters. The van der Waals surface area contributed by atoms with E-state index < -0.39 is 35.4 Å². The lowest BCUT2D eigenvalue weighted by Crippen LogP contribution is -2.26. The molecular formula is C36H13F7N8O. The monoisotopic (exact) mass is 706 g/mol. The number of rotatable bonds is 3. The number of aromatic nitrogens is 4. The highest BCUT2D eigenvalue weighted by atomic mass is 19.4. The van der Waals surface area contributed by atoms with Crippen LogP contribution in [-0.2, 0) is 12.8 Å². The van der Waals surface area contributed by atoms with Gasteiger partial charge in [0.25, 0.3) is 11.4 Å². The Morgan fingerprint density at radius 3 is 1.50 bits per heavy atom. The van der Waals surface area contributed by atoms with E-state index in [4.69, 9.17) is 13.1 Å². The fourth-order valence-electron chi connectivity index (χ4n) is 6.37. The van der Waals surface area contributed by atoms with Gasteiger partial charge in [-0.05, 0) is 42.3 Å². The molecule has 0 bridgehead atoms. The van der Waals surface area contributed by atoms with E-state index in [1.165, 1.54) is 13.1 Å². The zero-order valence-corrected chi connectivity index (χ0v) is 26.0. The number of nitriles is 2. The molecule has 0 N–H and O–H groups in total. The fourth-order valence-corrected chi connectivity index (χ4v) is 6.37. The van der Waals surface area contributed by atoms with E-state index in [-0.39, 0.29) is 102 Å². The van der Waals surface area contributed by atoms with Gasteiger partial charge >= 0.3 is 6.36 Å². The van der Waals surface area contributed by atoms with Crippen LogP contribution in [0.15, 0.2) is 36.7 Å². The summed E-state index contributed by atoms with van der Waals surface area (Å²) in [5.74, 6) is -6.58. The number of benzene rings is 3. The lowest BCUT2D eigenvalue weighted by atomic mass is 9.92. The quantitative estimate of drug-likeness (QED) is 0.150. The van der Waals surface area contributed by atoms with Gasteiger partial charge < -0.3 is 4.74 Å². The Balaban J connectivity index is 1.46. The first kappa shape index (κ1) is 33.3. The zero-order valence-electron chi connectivity index (χ0n) is 26.0. The molecule has 7 rings (SSSR count). The van der Waals surface area contributed by atoms with Crippen LogP contribution < -0.4 is 15.2 Å². The summed E-state index contributed by atoms with van der Waals surface area (Å²) < 4.78 is 99.6. The lowest BCUT2D eigenvalue weighted by molar-refractivity contribution is -0.276. The molecule has 0 amide bonds. The minimum Gasteiger partial charge on any atom is -0.399 e. The van der Waals surface area contributed by atoms with Crippen LogP contribution in [0, 0.1) is 66.0 Å². The van der Waals surface area contributed by atoms with Gasteiger partial charge in [0.2, 0.25) is 5.75 Å². The second kappa shape index (κ2) is 12.0. The minimum absolute atomic E-state index is 0.0822. The summed E-state index contributed by atoms with van der Waals surface area (Å²) in [6.45, 7) is 16.9. The van der Waals surface area contributed by atoms with Gasteiger partial charge in [-0.25, -0.2) is 47.7 Å². The van der Waals surface area contributed by atoms with Gasteiger partial charge in [-0.2, -0.15) is 0 Å². The summed E-state index contributed by atoms with van der Waals surface area (Å²) in [4.78, 5) is 24.8. The van der Waals surface area contributed by atoms with E-state index in [0.29, 0.717) is 17.7 Å². The average molecular weight is 707 g/mol. The van der Waals surface area contributed by atoms with Gasteiger partial charge in [0.15, 0.2) is 11.6 Å². The largest absolute Gasteiger partial charge is 0.573 e. The van der Waals surface area contributed by atoms with Gasteiger partial charge in [-0.15, -0.1) is 13.2 Å². The molecule has 3 aromatic carbocycles. The Labute approximate surface area is 287 Å². The average Bonchev–Trinajstić information content (AvgIpc) is 3.67. The molecule has 0 saturated carbocycles. The maximum atomic E-state index is 14.6. The molecule has 2 heterocycles. The van der Waals surface area contributed by atoms with Crippen LogP contribution in [0.4, 0.5) is 30.7 Å². The molecule has 0 fully saturated rings. The third-order valence-electron chi connectivity index (χ3n) is 8.56. The van der Waals surface area contributed by atoms with Gasteiger partial charge in [-0.3, -0.25) is 9.97 Å². The van der Waals surface area contributed by atoms with E-state index in [1.807, 2.05) is 12.1 Å². The minimum atomic E-state index is -5.36. The van der Waals surface area contributed by atoms with Crippen molar-refractivity contribution in [2.24, 2.45) is 0 Å². The van der Waals surface area contributed by atoms with Gasteiger partial charge in [0.1, 0.15) is 11.6 Å². The molecule has 0 spiro atoms. The molecule has 5 aromatic rings. The maximum absolute atomic E-state index is 14.6. The van der Waals surface area contributed by atoms with Crippen molar-refractivity contribution in [3.05, 3.63) is 121 Å². The molecule has 0 radical (unpaired) electrons. The number of hydrogen-bond acceptors (Lipinski definition) is 7. The van der Waals surface area contributed by atoms with E-state index in [2.05, 4.69) is 34.4 Å². The van der Waals surface area contributed by atoms with Crippen molar-refractivity contribution in [2.45, 2.75) is 26.1 Å². The number of alkyl halides is 3. The Morgan fingerprint density at radius 2 is 1.13 bits per heavy atom. The molecule has 0 unspecified atom stereocenters. The van der Waals surface area contributed by atoms with Crippen molar-refractivity contribution in [3.8, 4) is 62.9 Å². The Morgan fingerprint density at radius 1 is 0.731 bits per heavy atom. The number of ether oxygens (including phenoxy) is 1. The van der Waals surface area contributed by atoms with Crippen LogP contribution >= 0.6 is 0 Å². The Hall–Kier alpha value is -7.17. The predicted molar refractivity (Wildman–Crippen MR) is 167 cm³/mol. The first-order valence-corrected chi connectivity index (χ1v) is 14.7. The van der Waals surface area contributed by atoms with Crippen molar-refractivity contribution in [2.75, 3.05) is 0 Å². The molecule has 2 aliphatic carbocycles. The molecule has 0 aliphatic heterocycles. The van der Waals surface area contributed by atoms with Crippen molar-refractivity contribution < 1.29 is 35.5 Å². The summed E-state index contributed by atoms with van der Waals surface area (Å²) in [6.07, 6.45) is -3.26. The number of fused-ring (bicyclic) bond motifs is 6. The summed E-state index contributed by atoms with van der Waals surface area (Å²) >= 11 is 0. The summed E-state index contributed by atoms with van der Waals surface area (Å²) in [5, 5.41) is 20.4. The van der Waals surface area contributed by atoms with Crippen LogP contribution in [0.25, 0.3) is 66.1 Å². The van der Waals surface area contributed by atoms with Crippen LogP contribution in [0.5, 0.6) is 5.75 Å². The van der Waals surface area contributed by atoms with E-state index in [9.17, 15) is 41.3 Å². The summed E-state index contributed by atoms with van der Waals surface area (Å²) in [6, 6.07) is 7.10. The van der Waals surface area contributed by atoms with Crippen LogP contribution in [0.2, 0.25) is 0 Å². The number of nitrogens with zero attached hydrogens (tertiary/aromatic N) is 8. The summed E-state index contributed by atoms with van der Waals surface area (Å²) in [5.41, 5.74) is 0.481. The van der Waals surface area contributed by atoms with Gasteiger partial charge in [0, 0.05) is 51.1 Å². The normalized spacial score (nSPS) is 13.4. The van der Waals surface area contributed by atoms with Crippen LogP contribution in [0.3, 0.4) is 0 Å². The highest BCUT2D eigenvalue weighted by Gasteiger charge is 2.36. The Kier molecular flexibility index (Phi) is 7.70. The topological polar surface area (TPSA) is 117 Å². The molecule has 2 aliphatic rings. The van der Waals surface area contributed by atoms with Crippen LogP contribution in [0.1, 0.15) is 28.1 Å². The first-order valence-electron chi connectivity index (χ1n) is 14.7. The van der Waals surface area contributed by atoms with Crippen molar-refractivity contribution >= 4 is 11.4 Å². The van der Waals surface area contributed by atoms with Gasteiger partial charge in [0.05, 0.1) is 71.8 Å². The van der Waals surface area contributed by atoms with Crippen molar-refractivity contribution in [1.82, 2.24) is 19.9 Å². The van der Waals surface area contributed by atoms with Crippen molar-refractivity contribution in [3.63, 3.8) is 0 Å². The molecule has 52 heavy (non-hydrogen) atoms. The predicted octanol–water partition coefficient (Wildman–Crippen LogP) is 6.61. The van der Waals surface area contributed by atoms with Crippen LogP contribution in [-0.4, -0.2) is 26.3 Å². The molecular weight excluding hydrogens is 693 g/mol. The van der Waals surface area contributed by atoms with E-state index >= 15 is 0 Å². The SMILES string of the molecule is [C-]#[N+]/C(C#N)=c1/c2c(/c(=C(\C#N)[N+]#[C-])c3c1-c1ncc(-c4cc(F)c(C)c(F)c4)nc1C3)-c1ncc(-c3cc(F)c(OC(F)(F)F)c(F)c3)nc1C2. The molecule has 0 saturated heterocycles. The zero-order chi connectivity index (χ0) is 37.2. The van der Waals surface area contributed by atoms with E-state index in [0.717, 1.165) is 18.3 Å². The first-order chi connectivity index (χ1) is 24.8. The second-order valence-corrected chi connectivity index (χ2v) is 11.4. The number of hydrogen-bond donors (Lipinski definition) is 0. The Bertz CT molecular complexity index is 2690. The highest BCUT2D eigenvalue weighted by Crippen LogP contribution is 2.40. The second-order valence-electron chi connectivity index (χ2n) is 11.4. The molecule has 2 aromatic heterocycles. The smallest absolute Gasteiger partial charge is 0.399 e. The van der Waals surface area contributed by atoms with Gasteiger partial charge in [-0.1, -0.05) is 0 Å². The fraction of sp³-hybridized carbons (Fsp3) is 0.111. The third-order valence-corrected chi connectivity index (χ3v) is 8.56. The number of halogens is 7. The van der Waals surface area contributed by atoms with E-state index in [1.54, 1.807) is 0 Å². The standard InChI is InChI=1S/C36H13F7N8O/c1-14-19(37)4-15(5-20(14)38)27-12-48-33-23(50-27)8-17-29(25(10-44)46-2)32-18(30(31(17)33)26(11-45)47-3)9-24-34(32)49-13-28(51-24)16-6-21(39)35(22(40)7-16)52-36(41,42)43/h4-7,12-13H,8-9H2,1H3/b29-25+,30-26-. The molecule has 16 heteroatoms. The maximum Gasteiger partial charge on any atom is 0.573 e. The molecule has 252 valence electrons. The van der Waals surface area contributed by atoms with Crippen molar-refractivity contribution in [1.29, 1.82) is 10.5 Å². The highest BCUT2D eigenvalue weighted by molar-refractivity contribution is 5.90. The summed E-state index contributed by atoms with van der Waals surface area (Å²) in [7, 11) is 0. The molecule has 9 nitrogen and oxygen atoms in total. The third kappa shape index (κ3) is 5.22. The lowest BCUT2D eigenvalue weighted by Gasteiger charge is -2.12.